The molecule has 0 radical (unpaired) electrons. The Morgan fingerprint density at radius 3 is 2.91 bits per heavy atom. The van der Waals surface area contributed by atoms with Gasteiger partial charge in [0, 0.05) is 38.4 Å². The van der Waals surface area contributed by atoms with E-state index in [0.29, 0.717) is 12.3 Å². The molecule has 118 valence electrons. The van der Waals surface area contributed by atoms with Crippen LogP contribution in [0, 0.1) is 0 Å². The predicted octanol–water partition coefficient (Wildman–Crippen LogP) is 2.22. The van der Waals surface area contributed by atoms with Gasteiger partial charge >= 0.3 is 0 Å². The van der Waals surface area contributed by atoms with Crippen molar-refractivity contribution in [3.8, 4) is 0 Å². The molecule has 5 nitrogen and oxygen atoms in total. The maximum atomic E-state index is 12.2. The van der Waals surface area contributed by atoms with Crippen molar-refractivity contribution in [1.29, 1.82) is 0 Å². The Kier molecular flexibility index (Phi) is 4.43. The molecule has 0 aromatic carbocycles. The molecule has 1 aliphatic heterocycles. The monoisotopic (exact) mass is 300 g/mol. The minimum Gasteiger partial charge on any atom is -0.360 e. The lowest BCUT2D eigenvalue weighted by Crippen LogP contribution is -2.39. The van der Waals surface area contributed by atoms with E-state index >= 15 is 0 Å². The van der Waals surface area contributed by atoms with Crippen LogP contribution in [0.3, 0.4) is 0 Å². The van der Waals surface area contributed by atoms with E-state index in [-0.39, 0.29) is 5.91 Å². The van der Waals surface area contributed by atoms with Crippen LogP contribution in [0.15, 0.2) is 24.5 Å². The molecule has 1 aliphatic rings. The summed E-state index contributed by atoms with van der Waals surface area (Å²) in [6, 6.07) is 4.01. The number of pyridine rings is 1. The van der Waals surface area contributed by atoms with Crippen LogP contribution in [0.1, 0.15) is 30.7 Å². The maximum Gasteiger partial charge on any atom is 0.223 e. The van der Waals surface area contributed by atoms with Gasteiger partial charge in [0.25, 0.3) is 0 Å². The van der Waals surface area contributed by atoms with Gasteiger partial charge in [-0.15, -0.1) is 0 Å². The van der Waals surface area contributed by atoms with Crippen molar-refractivity contribution in [2.24, 2.45) is 0 Å². The zero-order valence-electron chi connectivity index (χ0n) is 13.4. The number of aromatic amines is 1. The van der Waals surface area contributed by atoms with Gasteiger partial charge in [0.15, 0.2) is 0 Å². The highest BCUT2D eigenvalue weighted by Crippen LogP contribution is 2.32. The topological polar surface area (TPSA) is 52.2 Å². The Morgan fingerprint density at radius 2 is 2.18 bits per heavy atom. The highest BCUT2D eigenvalue weighted by atomic mass is 16.2. The largest absolute Gasteiger partial charge is 0.360 e. The van der Waals surface area contributed by atoms with E-state index < -0.39 is 0 Å². The number of rotatable bonds is 4. The maximum absolute atomic E-state index is 12.2. The van der Waals surface area contributed by atoms with E-state index in [0.717, 1.165) is 43.5 Å². The van der Waals surface area contributed by atoms with Crippen LogP contribution < -0.4 is 0 Å². The number of hydrogen-bond acceptors (Lipinski definition) is 3. The van der Waals surface area contributed by atoms with Gasteiger partial charge in [-0.1, -0.05) is 0 Å². The summed E-state index contributed by atoms with van der Waals surface area (Å²) >= 11 is 0. The molecule has 1 N–H and O–H groups in total. The summed E-state index contributed by atoms with van der Waals surface area (Å²) in [5.74, 6) is 0.783. The molecule has 2 aromatic rings. The summed E-state index contributed by atoms with van der Waals surface area (Å²) in [6.07, 6.45) is 6.60. The van der Waals surface area contributed by atoms with Gasteiger partial charge < -0.3 is 14.8 Å². The molecular weight excluding hydrogens is 276 g/mol. The van der Waals surface area contributed by atoms with Crippen molar-refractivity contribution in [2.45, 2.75) is 25.2 Å². The van der Waals surface area contributed by atoms with Gasteiger partial charge in [-0.25, -0.2) is 0 Å². The molecule has 0 atom stereocenters. The van der Waals surface area contributed by atoms with E-state index in [4.69, 9.17) is 0 Å². The Morgan fingerprint density at radius 1 is 1.41 bits per heavy atom. The molecule has 0 spiro atoms. The van der Waals surface area contributed by atoms with E-state index in [1.54, 1.807) is 0 Å². The second kappa shape index (κ2) is 6.48. The zero-order valence-corrected chi connectivity index (χ0v) is 13.4. The minimum absolute atomic E-state index is 0.282. The standard InChI is InChI=1S/C17H24N4O/c1-20(2)9-7-16(22)21-10-5-13(6-11-21)14-12-19-15-4-3-8-18-17(14)15/h3-4,8,12-13,19H,5-7,9-11H2,1-2H3. The van der Waals surface area contributed by atoms with E-state index in [9.17, 15) is 4.79 Å². The van der Waals surface area contributed by atoms with Gasteiger partial charge in [0.2, 0.25) is 5.91 Å². The smallest absolute Gasteiger partial charge is 0.223 e. The summed E-state index contributed by atoms with van der Waals surface area (Å²) in [6.45, 7) is 2.54. The number of carbonyl (C=O) groups excluding carboxylic acids is 1. The first kappa shape index (κ1) is 15.0. The number of H-pyrrole nitrogens is 1. The number of nitrogens with one attached hydrogen (secondary N) is 1. The van der Waals surface area contributed by atoms with Gasteiger partial charge in [0.1, 0.15) is 0 Å². The van der Waals surface area contributed by atoms with Crippen LogP contribution in [0.2, 0.25) is 0 Å². The fourth-order valence-electron chi connectivity index (χ4n) is 3.20. The summed E-state index contributed by atoms with van der Waals surface area (Å²) < 4.78 is 0. The van der Waals surface area contributed by atoms with Crippen molar-refractivity contribution in [2.75, 3.05) is 33.7 Å². The molecule has 22 heavy (non-hydrogen) atoms. The van der Waals surface area contributed by atoms with Crippen molar-refractivity contribution >= 4 is 16.9 Å². The van der Waals surface area contributed by atoms with E-state index in [1.165, 1.54) is 5.56 Å². The van der Waals surface area contributed by atoms with Crippen molar-refractivity contribution in [3.63, 3.8) is 0 Å². The quantitative estimate of drug-likeness (QED) is 0.942. The fraction of sp³-hybridized carbons (Fsp3) is 0.529. The molecule has 1 amide bonds. The third-order valence-electron chi connectivity index (χ3n) is 4.52. The molecule has 0 bridgehead atoms. The fourth-order valence-corrected chi connectivity index (χ4v) is 3.20. The van der Waals surface area contributed by atoms with Crippen molar-refractivity contribution in [3.05, 3.63) is 30.1 Å². The Bertz CT molecular complexity index is 641. The predicted molar refractivity (Wildman–Crippen MR) is 87.8 cm³/mol. The van der Waals surface area contributed by atoms with Crippen LogP contribution >= 0.6 is 0 Å². The second-order valence-corrected chi connectivity index (χ2v) is 6.35. The molecule has 5 heteroatoms. The zero-order chi connectivity index (χ0) is 15.5. The van der Waals surface area contributed by atoms with Gasteiger partial charge in [-0.05, 0) is 50.6 Å². The first-order chi connectivity index (χ1) is 10.6. The summed E-state index contributed by atoms with van der Waals surface area (Å²) in [7, 11) is 4.01. The lowest BCUT2D eigenvalue weighted by atomic mass is 9.90. The number of fused-ring (bicyclic) bond motifs is 1. The van der Waals surface area contributed by atoms with Crippen LogP contribution in [-0.4, -0.2) is 59.4 Å². The Labute approximate surface area is 131 Å². The molecule has 3 rings (SSSR count). The lowest BCUT2D eigenvalue weighted by Gasteiger charge is -2.32. The highest BCUT2D eigenvalue weighted by Gasteiger charge is 2.25. The SMILES string of the molecule is CN(C)CCC(=O)N1CCC(c2c[nH]c3cccnc23)CC1. The average molecular weight is 300 g/mol. The molecule has 3 heterocycles. The Balaban J connectivity index is 1.61. The van der Waals surface area contributed by atoms with Gasteiger partial charge in [-0.3, -0.25) is 9.78 Å². The normalized spacial score (nSPS) is 16.6. The van der Waals surface area contributed by atoms with Gasteiger partial charge in [-0.2, -0.15) is 0 Å². The van der Waals surface area contributed by atoms with Crippen LogP contribution in [0.25, 0.3) is 11.0 Å². The number of nitrogens with zero attached hydrogens (tertiary/aromatic N) is 3. The van der Waals surface area contributed by atoms with Crippen LogP contribution in [-0.2, 0) is 4.79 Å². The number of hydrogen-bond donors (Lipinski definition) is 1. The third-order valence-corrected chi connectivity index (χ3v) is 4.52. The second-order valence-electron chi connectivity index (χ2n) is 6.35. The molecule has 0 saturated carbocycles. The highest BCUT2D eigenvalue weighted by molar-refractivity contribution is 5.79. The molecule has 2 aromatic heterocycles. The molecule has 1 fully saturated rings. The lowest BCUT2D eigenvalue weighted by molar-refractivity contribution is -0.132. The number of piperidine rings is 1. The summed E-state index contributed by atoms with van der Waals surface area (Å²) in [4.78, 5) is 24.1. The third kappa shape index (κ3) is 3.14. The van der Waals surface area contributed by atoms with Crippen LogP contribution in [0.5, 0.6) is 0 Å². The average Bonchev–Trinajstić information content (AvgIpc) is 2.97. The van der Waals surface area contributed by atoms with Gasteiger partial charge in [0.05, 0.1) is 11.0 Å². The van der Waals surface area contributed by atoms with E-state index in [2.05, 4.69) is 27.1 Å². The van der Waals surface area contributed by atoms with Crippen LogP contribution in [0.4, 0.5) is 0 Å². The number of aromatic nitrogens is 2. The number of likely N-dealkylation sites (tertiary alicyclic amines) is 1. The van der Waals surface area contributed by atoms with Crippen molar-refractivity contribution in [1.82, 2.24) is 19.8 Å². The molecular formula is C17H24N4O. The number of amides is 1. The minimum atomic E-state index is 0.282. The molecule has 0 unspecified atom stereocenters. The molecule has 0 aliphatic carbocycles. The number of carbonyl (C=O) groups is 1. The summed E-state index contributed by atoms with van der Waals surface area (Å²) in [5, 5.41) is 0. The van der Waals surface area contributed by atoms with E-state index in [1.807, 2.05) is 31.3 Å². The summed E-state index contributed by atoms with van der Waals surface area (Å²) in [5.41, 5.74) is 3.48. The van der Waals surface area contributed by atoms with Crippen molar-refractivity contribution < 1.29 is 4.79 Å². The Hall–Kier alpha value is -1.88. The first-order valence-electron chi connectivity index (χ1n) is 7.99. The molecule has 1 saturated heterocycles. The first-order valence-corrected chi connectivity index (χ1v) is 7.99.